The van der Waals surface area contributed by atoms with Gasteiger partial charge in [0.2, 0.25) is 0 Å². The van der Waals surface area contributed by atoms with E-state index in [2.05, 4.69) is 26.1 Å². The quantitative estimate of drug-likeness (QED) is 0.723. The fourth-order valence-electron chi connectivity index (χ4n) is 2.05. The summed E-state index contributed by atoms with van der Waals surface area (Å²) >= 11 is 0. The summed E-state index contributed by atoms with van der Waals surface area (Å²) in [4.78, 5) is 7.61. The summed E-state index contributed by atoms with van der Waals surface area (Å²) < 4.78 is 10.8. The molecule has 2 heterocycles. The zero-order valence-corrected chi connectivity index (χ0v) is 12.0. The molecule has 112 valence electrons. The van der Waals surface area contributed by atoms with E-state index in [1.807, 2.05) is 6.07 Å². The lowest BCUT2D eigenvalue weighted by Gasteiger charge is -2.10. The van der Waals surface area contributed by atoms with Crippen LogP contribution in [0.25, 0.3) is 22.4 Å². The first-order valence-corrected chi connectivity index (χ1v) is 6.68. The molecular formula is C16H11N5O2. The summed E-state index contributed by atoms with van der Waals surface area (Å²) in [5.74, 6) is 4.05. The number of aromatic amines is 1. The minimum Gasteiger partial charge on any atom is -0.480 e. The molecule has 0 bridgehead atoms. The Morgan fingerprint density at radius 2 is 2.04 bits per heavy atom. The van der Waals surface area contributed by atoms with E-state index in [4.69, 9.17) is 21.2 Å². The fourth-order valence-corrected chi connectivity index (χ4v) is 2.05. The van der Waals surface area contributed by atoms with Crippen molar-refractivity contribution >= 4 is 11.0 Å². The molecule has 0 unspecified atom stereocenters. The zero-order chi connectivity index (χ0) is 16.1. The maximum atomic E-state index is 8.59. The lowest BCUT2D eigenvalue weighted by molar-refractivity contribution is 0.351. The third kappa shape index (κ3) is 3.04. The molecule has 1 aromatic carbocycles. The van der Waals surface area contributed by atoms with Gasteiger partial charge in [0, 0.05) is 6.07 Å². The van der Waals surface area contributed by atoms with Crippen molar-refractivity contribution in [2.24, 2.45) is 0 Å². The number of nitriles is 1. The Hall–Kier alpha value is -3.58. The Bertz CT molecular complexity index is 887. The number of terminal acetylenes is 1. The van der Waals surface area contributed by atoms with Crippen LogP contribution in [0.5, 0.6) is 11.5 Å². The van der Waals surface area contributed by atoms with Gasteiger partial charge in [-0.05, 0) is 12.1 Å². The maximum Gasteiger partial charge on any atom is 0.174 e. The van der Waals surface area contributed by atoms with Crippen molar-refractivity contribution in [3.63, 3.8) is 0 Å². The van der Waals surface area contributed by atoms with Crippen molar-refractivity contribution in [3.8, 4) is 41.3 Å². The first-order valence-electron chi connectivity index (χ1n) is 6.68. The van der Waals surface area contributed by atoms with Crippen LogP contribution in [0.3, 0.4) is 0 Å². The van der Waals surface area contributed by atoms with Crippen LogP contribution in [0.15, 0.2) is 30.6 Å². The summed E-state index contributed by atoms with van der Waals surface area (Å²) in [6.45, 7) is 0.0634. The summed E-state index contributed by atoms with van der Waals surface area (Å²) in [5.41, 5.74) is 2.19. The number of aromatic nitrogens is 4. The fraction of sp³-hybridized carbons (Fsp3) is 0.125. The van der Waals surface area contributed by atoms with Crippen molar-refractivity contribution in [2.45, 2.75) is 0 Å². The molecule has 7 heteroatoms. The number of benzene rings is 1. The second-order valence-corrected chi connectivity index (χ2v) is 4.47. The third-order valence-corrected chi connectivity index (χ3v) is 3.02. The molecule has 0 aliphatic rings. The molecule has 2 aromatic heterocycles. The number of hydrogen-bond donors (Lipinski definition) is 1. The molecular weight excluding hydrogens is 294 g/mol. The number of H-pyrrole nitrogens is 1. The lowest BCUT2D eigenvalue weighted by atomic mass is 10.2. The molecule has 0 saturated carbocycles. The molecule has 3 rings (SSSR count). The van der Waals surface area contributed by atoms with E-state index in [-0.39, 0.29) is 13.2 Å². The van der Waals surface area contributed by atoms with Crippen LogP contribution in [0.2, 0.25) is 0 Å². The third-order valence-electron chi connectivity index (χ3n) is 3.02. The van der Waals surface area contributed by atoms with Gasteiger partial charge in [0.1, 0.15) is 35.5 Å². The monoisotopic (exact) mass is 305 g/mol. The van der Waals surface area contributed by atoms with Crippen molar-refractivity contribution in [2.75, 3.05) is 13.2 Å². The SMILES string of the molecule is C#CCOc1cc(OCC#N)ccc1-c1nc2cnncc2[nH]1. The molecule has 0 spiro atoms. The molecule has 7 nitrogen and oxygen atoms in total. The van der Waals surface area contributed by atoms with E-state index < -0.39 is 0 Å². The molecule has 1 N–H and O–H groups in total. The van der Waals surface area contributed by atoms with Crippen LogP contribution in [-0.4, -0.2) is 33.4 Å². The van der Waals surface area contributed by atoms with Crippen LogP contribution in [0.1, 0.15) is 0 Å². The van der Waals surface area contributed by atoms with Crippen LogP contribution in [0, 0.1) is 23.7 Å². The van der Waals surface area contributed by atoms with E-state index >= 15 is 0 Å². The predicted octanol–water partition coefficient (Wildman–Crippen LogP) is 1.93. The first kappa shape index (κ1) is 14.4. The molecule has 0 fully saturated rings. The smallest absolute Gasteiger partial charge is 0.174 e. The van der Waals surface area contributed by atoms with Gasteiger partial charge in [0.15, 0.2) is 6.61 Å². The highest BCUT2D eigenvalue weighted by Crippen LogP contribution is 2.32. The minimum atomic E-state index is -0.0457. The minimum absolute atomic E-state index is 0.0457. The highest BCUT2D eigenvalue weighted by Gasteiger charge is 2.13. The van der Waals surface area contributed by atoms with E-state index in [1.54, 1.807) is 30.6 Å². The van der Waals surface area contributed by atoms with Crippen LogP contribution < -0.4 is 9.47 Å². The van der Waals surface area contributed by atoms with Gasteiger partial charge in [-0.15, -0.1) is 6.42 Å². The van der Waals surface area contributed by atoms with E-state index in [0.29, 0.717) is 22.8 Å². The topological polar surface area (TPSA) is 96.7 Å². The van der Waals surface area contributed by atoms with Crippen molar-refractivity contribution in [1.82, 2.24) is 20.2 Å². The maximum absolute atomic E-state index is 8.59. The van der Waals surface area contributed by atoms with E-state index in [1.165, 1.54) is 0 Å². The Morgan fingerprint density at radius 3 is 2.83 bits per heavy atom. The van der Waals surface area contributed by atoms with Crippen molar-refractivity contribution < 1.29 is 9.47 Å². The molecule has 0 aliphatic carbocycles. The second-order valence-electron chi connectivity index (χ2n) is 4.47. The molecule has 0 atom stereocenters. The largest absolute Gasteiger partial charge is 0.480 e. The normalized spacial score (nSPS) is 10.0. The standard InChI is InChI=1S/C16H11N5O2/c1-2-6-23-15-8-11(22-7-5-17)3-4-12(15)16-20-13-9-18-19-10-14(13)21-16/h1,3-4,8-10H,6-7H2,(H,20,21). The summed E-state index contributed by atoms with van der Waals surface area (Å²) in [6, 6.07) is 7.11. The number of imidazole rings is 1. The first-order chi connectivity index (χ1) is 11.3. The van der Waals surface area contributed by atoms with Gasteiger partial charge in [-0.25, -0.2) is 4.98 Å². The number of fused-ring (bicyclic) bond motifs is 1. The predicted molar refractivity (Wildman–Crippen MR) is 82.6 cm³/mol. The van der Waals surface area contributed by atoms with Crippen molar-refractivity contribution in [1.29, 1.82) is 5.26 Å². The Balaban J connectivity index is 2.02. The average molecular weight is 305 g/mol. The second kappa shape index (κ2) is 6.46. The highest BCUT2D eigenvalue weighted by atomic mass is 16.5. The van der Waals surface area contributed by atoms with Gasteiger partial charge in [-0.2, -0.15) is 15.5 Å². The molecule has 23 heavy (non-hydrogen) atoms. The number of nitrogens with one attached hydrogen (secondary N) is 1. The van der Waals surface area contributed by atoms with Gasteiger partial charge < -0.3 is 14.5 Å². The molecule has 0 saturated heterocycles. The summed E-state index contributed by atoms with van der Waals surface area (Å²) in [6.07, 6.45) is 8.42. The van der Waals surface area contributed by atoms with Gasteiger partial charge in [-0.1, -0.05) is 5.92 Å². The molecule has 0 amide bonds. The van der Waals surface area contributed by atoms with Gasteiger partial charge in [-0.3, -0.25) is 0 Å². The zero-order valence-electron chi connectivity index (χ0n) is 12.0. The highest BCUT2D eigenvalue weighted by molar-refractivity contribution is 5.79. The summed E-state index contributed by atoms with van der Waals surface area (Å²) in [7, 11) is 0. The Labute approximate surface area is 131 Å². The molecule has 0 radical (unpaired) electrons. The van der Waals surface area contributed by atoms with Gasteiger partial charge in [0.25, 0.3) is 0 Å². The molecule has 0 aliphatic heterocycles. The number of hydrogen-bond acceptors (Lipinski definition) is 6. The van der Waals surface area contributed by atoms with E-state index in [9.17, 15) is 0 Å². The van der Waals surface area contributed by atoms with Crippen LogP contribution in [-0.2, 0) is 0 Å². The Kier molecular flexibility index (Phi) is 4.03. The number of ether oxygens (including phenoxy) is 2. The van der Waals surface area contributed by atoms with Gasteiger partial charge >= 0.3 is 0 Å². The van der Waals surface area contributed by atoms with E-state index in [0.717, 1.165) is 11.1 Å². The average Bonchev–Trinajstić information content (AvgIpc) is 3.02. The molecule has 3 aromatic rings. The van der Waals surface area contributed by atoms with Crippen molar-refractivity contribution in [3.05, 3.63) is 30.6 Å². The van der Waals surface area contributed by atoms with Crippen LogP contribution >= 0.6 is 0 Å². The summed E-state index contributed by atoms with van der Waals surface area (Å²) in [5, 5.41) is 16.2. The number of rotatable bonds is 5. The Morgan fingerprint density at radius 1 is 1.17 bits per heavy atom. The van der Waals surface area contributed by atoms with Gasteiger partial charge in [0.05, 0.1) is 23.5 Å². The lowest BCUT2D eigenvalue weighted by Crippen LogP contribution is -1.99. The van der Waals surface area contributed by atoms with Crippen LogP contribution in [0.4, 0.5) is 0 Å². The number of nitrogens with zero attached hydrogens (tertiary/aromatic N) is 4.